The quantitative estimate of drug-likeness (QED) is 0.769. The SMILES string of the molecule is CC(=O)NCc1cc(C(=O)Nc2ccc3ocnc3c2)ccn1. The van der Waals surface area contributed by atoms with Crippen LogP contribution in [0.25, 0.3) is 11.1 Å². The highest BCUT2D eigenvalue weighted by atomic mass is 16.3. The fourth-order valence-corrected chi connectivity index (χ4v) is 2.07. The molecule has 7 heteroatoms. The molecule has 7 nitrogen and oxygen atoms in total. The second-order valence-corrected chi connectivity index (χ2v) is 4.93. The second kappa shape index (κ2) is 6.27. The summed E-state index contributed by atoms with van der Waals surface area (Å²) in [4.78, 5) is 31.4. The van der Waals surface area contributed by atoms with Crippen molar-refractivity contribution in [3.63, 3.8) is 0 Å². The van der Waals surface area contributed by atoms with Gasteiger partial charge in [-0.15, -0.1) is 0 Å². The fraction of sp³-hybridized carbons (Fsp3) is 0.125. The Labute approximate surface area is 131 Å². The molecule has 0 aliphatic carbocycles. The van der Waals surface area contributed by atoms with Crippen LogP contribution in [-0.2, 0) is 11.3 Å². The number of benzene rings is 1. The van der Waals surface area contributed by atoms with Gasteiger partial charge in [0.1, 0.15) is 5.52 Å². The number of aromatic nitrogens is 2. The molecule has 0 bridgehead atoms. The molecule has 2 heterocycles. The van der Waals surface area contributed by atoms with Crippen LogP contribution in [-0.4, -0.2) is 21.8 Å². The van der Waals surface area contributed by atoms with E-state index in [4.69, 9.17) is 4.42 Å². The molecule has 0 radical (unpaired) electrons. The minimum Gasteiger partial charge on any atom is -0.443 e. The zero-order valence-electron chi connectivity index (χ0n) is 12.4. The first-order valence-electron chi connectivity index (χ1n) is 6.96. The third-order valence-electron chi connectivity index (χ3n) is 3.19. The van der Waals surface area contributed by atoms with E-state index < -0.39 is 0 Å². The van der Waals surface area contributed by atoms with E-state index in [0.717, 1.165) is 0 Å². The van der Waals surface area contributed by atoms with Crippen molar-refractivity contribution in [3.05, 3.63) is 54.2 Å². The maximum atomic E-state index is 12.3. The number of nitrogens with one attached hydrogen (secondary N) is 2. The molecule has 2 aromatic heterocycles. The minimum atomic E-state index is -0.265. The first-order chi connectivity index (χ1) is 11.1. The van der Waals surface area contributed by atoms with Gasteiger partial charge in [0.05, 0.1) is 12.2 Å². The molecule has 0 saturated heterocycles. The molecule has 0 spiro atoms. The van der Waals surface area contributed by atoms with Crippen LogP contribution >= 0.6 is 0 Å². The zero-order valence-corrected chi connectivity index (χ0v) is 12.4. The molecular weight excluding hydrogens is 296 g/mol. The van der Waals surface area contributed by atoms with Crippen molar-refractivity contribution in [1.82, 2.24) is 15.3 Å². The fourth-order valence-electron chi connectivity index (χ4n) is 2.07. The summed E-state index contributed by atoms with van der Waals surface area (Å²) < 4.78 is 5.16. The predicted molar refractivity (Wildman–Crippen MR) is 83.7 cm³/mol. The van der Waals surface area contributed by atoms with E-state index in [-0.39, 0.29) is 18.4 Å². The van der Waals surface area contributed by atoms with Crippen molar-refractivity contribution in [2.75, 3.05) is 5.32 Å². The van der Waals surface area contributed by atoms with Gasteiger partial charge in [-0.1, -0.05) is 0 Å². The number of anilines is 1. The van der Waals surface area contributed by atoms with Crippen molar-refractivity contribution in [2.24, 2.45) is 0 Å². The Morgan fingerprint density at radius 3 is 2.87 bits per heavy atom. The highest BCUT2D eigenvalue weighted by molar-refractivity contribution is 6.04. The van der Waals surface area contributed by atoms with Crippen molar-refractivity contribution < 1.29 is 14.0 Å². The Bertz CT molecular complexity index is 872. The summed E-state index contributed by atoms with van der Waals surface area (Å²) in [6.45, 7) is 1.71. The molecule has 116 valence electrons. The highest BCUT2D eigenvalue weighted by Gasteiger charge is 2.09. The van der Waals surface area contributed by atoms with Crippen LogP contribution in [0.5, 0.6) is 0 Å². The van der Waals surface area contributed by atoms with Gasteiger partial charge in [0, 0.05) is 24.4 Å². The number of hydrogen-bond donors (Lipinski definition) is 2. The summed E-state index contributed by atoms with van der Waals surface area (Å²) in [6.07, 6.45) is 2.89. The van der Waals surface area contributed by atoms with Gasteiger partial charge in [-0.2, -0.15) is 0 Å². The average molecular weight is 310 g/mol. The number of hydrogen-bond acceptors (Lipinski definition) is 5. The van der Waals surface area contributed by atoms with Crippen LogP contribution in [0.3, 0.4) is 0 Å². The number of carbonyl (C=O) groups excluding carboxylic acids is 2. The molecule has 23 heavy (non-hydrogen) atoms. The first kappa shape index (κ1) is 14.7. The maximum absolute atomic E-state index is 12.3. The van der Waals surface area contributed by atoms with Gasteiger partial charge in [0.15, 0.2) is 12.0 Å². The number of oxazole rings is 1. The second-order valence-electron chi connectivity index (χ2n) is 4.93. The number of carbonyl (C=O) groups is 2. The van der Waals surface area contributed by atoms with Gasteiger partial charge in [0.2, 0.25) is 5.91 Å². The van der Waals surface area contributed by atoms with Crippen molar-refractivity contribution in [1.29, 1.82) is 0 Å². The van der Waals surface area contributed by atoms with E-state index in [1.54, 1.807) is 30.3 Å². The molecule has 0 fully saturated rings. The third kappa shape index (κ3) is 3.52. The standard InChI is InChI=1S/C16H14N4O3/c1-10(21)18-8-13-6-11(4-5-17-13)16(22)20-12-2-3-15-14(7-12)19-9-23-15/h2-7,9H,8H2,1H3,(H,18,21)(H,20,22). The molecule has 2 amide bonds. The Morgan fingerprint density at radius 1 is 1.17 bits per heavy atom. The first-order valence-corrected chi connectivity index (χ1v) is 6.96. The van der Waals surface area contributed by atoms with Gasteiger partial charge in [-0.05, 0) is 30.3 Å². The molecule has 0 atom stereocenters. The summed E-state index contributed by atoms with van der Waals surface area (Å²) in [5.41, 5.74) is 3.02. The maximum Gasteiger partial charge on any atom is 0.255 e. The monoisotopic (exact) mass is 310 g/mol. The minimum absolute atomic E-state index is 0.150. The van der Waals surface area contributed by atoms with Gasteiger partial charge < -0.3 is 15.1 Å². The summed E-state index contributed by atoms with van der Waals surface area (Å²) >= 11 is 0. The molecule has 0 aliphatic rings. The zero-order chi connectivity index (χ0) is 16.2. The highest BCUT2D eigenvalue weighted by Crippen LogP contribution is 2.18. The van der Waals surface area contributed by atoms with Gasteiger partial charge in [0.25, 0.3) is 5.91 Å². The predicted octanol–water partition coefficient (Wildman–Crippen LogP) is 2.11. The van der Waals surface area contributed by atoms with E-state index >= 15 is 0 Å². The van der Waals surface area contributed by atoms with Crippen molar-refractivity contribution in [2.45, 2.75) is 13.5 Å². The van der Waals surface area contributed by atoms with Crippen molar-refractivity contribution in [3.8, 4) is 0 Å². The lowest BCUT2D eigenvalue weighted by Crippen LogP contribution is -2.20. The summed E-state index contributed by atoms with van der Waals surface area (Å²) in [7, 11) is 0. The molecule has 3 aromatic rings. The van der Waals surface area contributed by atoms with Gasteiger partial charge >= 0.3 is 0 Å². The third-order valence-corrected chi connectivity index (χ3v) is 3.19. The topological polar surface area (TPSA) is 97.1 Å². The molecular formula is C16H14N4O3. The van der Waals surface area contributed by atoms with E-state index in [2.05, 4.69) is 20.6 Å². The Morgan fingerprint density at radius 2 is 2.04 bits per heavy atom. The summed E-state index contributed by atoms with van der Waals surface area (Å²) in [6, 6.07) is 8.47. The molecule has 2 N–H and O–H groups in total. The summed E-state index contributed by atoms with van der Waals surface area (Å²) in [5, 5.41) is 5.44. The number of fused-ring (bicyclic) bond motifs is 1. The molecule has 3 rings (SSSR count). The van der Waals surface area contributed by atoms with Crippen LogP contribution in [0.15, 0.2) is 47.3 Å². The Balaban J connectivity index is 1.74. The van der Waals surface area contributed by atoms with Crippen LogP contribution in [0.4, 0.5) is 5.69 Å². The number of pyridine rings is 1. The van der Waals surface area contributed by atoms with Gasteiger partial charge in [-0.3, -0.25) is 14.6 Å². The van der Waals surface area contributed by atoms with Crippen LogP contribution in [0, 0.1) is 0 Å². The number of rotatable bonds is 4. The van der Waals surface area contributed by atoms with Crippen molar-refractivity contribution >= 4 is 28.6 Å². The molecule has 0 unspecified atom stereocenters. The Kier molecular flexibility index (Phi) is 4.01. The normalized spacial score (nSPS) is 10.5. The van der Waals surface area contributed by atoms with E-state index in [1.165, 1.54) is 19.5 Å². The lowest BCUT2D eigenvalue weighted by molar-refractivity contribution is -0.119. The average Bonchev–Trinajstić information content (AvgIpc) is 3.01. The van der Waals surface area contributed by atoms with E-state index in [0.29, 0.717) is 28.0 Å². The van der Waals surface area contributed by atoms with Crippen LogP contribution < -0.4 is 10.6 Å². The smallest absolute Gasteiger partial charge is 0.255 e. The lowest BCUT2D eigenvalue weighted by Gasteiger charge is -2.07. The Hall–Kier alpha value is -3.22. The van der Waals surface area contributed by atoms with Crippen LogP contribution in [0.1, 0.15) is 23.0 Å². The summed E-state index contributed by atoms with van der Waals surface area (Å²) in [5.74, 6) is -0.415. The number of nitrogens with zero attached hydrogens (tertiary/aromatic N) is 2. The van der Waals surface area contributed by atoms with E-state index in [1.807, 2.05) is 0 Å². The molecule has 1 aromatic carbocycles. The van der Waals surface area contributed by atoms with E-state index in [9.17, 15) is 9.59 Å². The van der Waals surface area contributed by atoms with Crippen LogP contribution in [0.2, 0.25) is 0 Å². The van der Waals surface area contributed by atoms with Gasteiger partial charge in [-0.25, -0.2) is 4.98 Å². The number of amides is 2. The molecule has 0 aliphatic heterocycles. The molecule has 0 saturated carbocycles. The largest absolute Gasteiger partial charge is 0.443 e. The lowest BCUT2D eigenvalue weighted by atomic mass is 10.2.